The zero-order valence-electron chi connectivity index (χ0n) is 17.3. The number of nitrogens with one attached hydrogen (secondary N) is 3. The summed E-state index contributed by atoms with van der Waals surface area (Å²) in [6, 6.07) is 12.2. The molecule has 0 radical (unpaired) electrons. The molecule has 0 aliphatic carbocycles. The van der Waals surface area contributed by atoms with Crippen LogP contribution >= 0.6 is 0 Å². The molecule has 8 nitrogen and oxygen atoms in total. The van der Waals surface area contributed by atoms with E-state index < -0.39 is 29.4 Å². The molecule has 30 heavy (non-hydrogen) atoms. The first kappa shape index (κ1) is 21.0. The molecule has 5 amide bonds. The minimum atomic E-state index is -1.24. The Morgan fingerprint density at radius 1 is 0.967 bits per heavy atom. The fourth-order valence-corrected chi connectivity index (χ4v) is 3.30. The van der Waals surface area contributed by atoms with Crippen molar-refractivity contribution >= 4 is 35.1 Å². The maximum atomic E-state index is 13.1. The van der Waals surface area contributed by atoms with E-state index in [1.54, 1.807) is 43.3 Å². The van der Waals surface area contributed by atoms with Gasteiger partial charge in [0.25, 0.3) is 5.91 Å². The van der Waals surface area contributed by atoms with Crippen LogP contribution in [-0.4, -0.2) is 34.7 Å². The van der Waals surface area contributed by atoms with E-state index in [1.807, 2.05) is 19.1 Å². The normalized spacial score (nSPS) is 19.3. The van der Waals surface area contributed by atoms with Crippen LogP contribution in [0, 0.1) is 6.92 Å². The summed E-state index contributed by atoms with van der Waals surface area (Å²) in [4.78, 5) is 50.4. The van der Waals surface area contributed by atoms with Crippen LogP contribution < -0.4 is 16.0 Å². The van der Waals surface area contributed by atoms with Gasteiger partial charge < -0.3 is 16.0 Å². The fraction of sp³-hybridized carbons (Fsp3) is 0.273. The second kappa shape index (κ2) is 7.98. The number of benzene rings is 2. The molecule has 0 spiro atoms. The van der Waals surface area contributed by atoms with E-state index in [9.17, 15) is 19.2 Å². The number of carbonyl (C=O) groups excluding carboxylic acids is 4. The van der Waals surface area contributed by atoms with Gasteiger partial charge in [-0.3, -0.25) is 14.4 Å². The van der Waals surface area contributed by atoms with E-state index in [1.165, 1.54) is 13.8 Å². The van der Waals surface area contributed by atoms with Crippen molar-refractivity contribution in [2.24, 2.45) is 0 Å². The van der Waals surface area contributed by atoms with Crippen molar-refractivity contribution in [1.29, 1.82) is 0 Å². The number of urea groups is 1. The molecular formula is C22H24N4O4. The summed E-state index contributed by atoms with van der Waals surface area (Å²) in [5, 5.41) is 8.03. The van der Waals surface area contributed by atoms with Crippen molar-refractivity contribution in [2.45, 2.75) is 39.3 Å². The van der Waals surface area contributed by atoms with Crippen molar-refractivity contribution in [1.82, 2.24) is 10.2 Å². The molecule has 3 N–H and O–H groups in total. The number of nitrogens with zero attached hydrogens (tertiary/aromatic N) is 1. The van der Waals surface area contributed by atoms with Crippen LogP contribution in [0.25, 0.3) is 0 Å². The smallest absolute Gasteiger partial charge is 0.326 e. The summed E-state index contributed by atoms with van der Waals surface area (Å²) in [6.07, 6.45) is 0. The first-order valence-corrected chi connectivity index (χ1v) is 9.53. The molecule has 1 heterocycles. The van der Waals surface area contributed by atoms with E-state index in [0.29, 0.717) is 16.9 Å². The Morgan fingerprint density at radius 3 is 2.03 bits per heavy atom. The number of imide groups is 1. The topological polar surface area (TPSA) is 108 Å². The van der Waals surface area contributed by atoms with Gasteiger partial charge in [-0.05, 0) is 50.6 Å². The number of rotatable bonds is 5. The monoisotopic (exact) mass is 408 g/mol. The van der Waals surface area contributed by atoms with Crippen LogP contribution in [0.3, 0.4) is 0 Å². The first-order chi connectivity index (χ1) is 14.1. The van der Waals surface area contributed by atoms with Gasteiger partial charge in [0.2, 0.25) is 11.8 Å². The Labute approximate surface area is 174 Å². The van der Waals surface area contributed by atoms with Crippen LogP contribution in [0.4, 0.5) is 16.2 Å². The maximum Gasteiger partial charge on any atom is 0.326 e. The van der Waals surface area contributed by atoms with E-state index in [-0.39, 0.29) is 5.91 Å². The quantitative estimate of drug-likeness (QED) is 0.661. The van der Waals surface area contributed by atoms with Crippen LogP contribution in [0.1, 0.15) is 31.9 Å². The molecule has 0 unspecified atom stereocenters. The van der Waals surface area contributed by atoms with Gasteiger partial charge in [-0.1, -0.05) is 29.8 Å². The lowest BCUT2D eigenvalue weighted by Gasteiger charge is -2.24. The average molecular weight is 408 g/mol. The Bertz CT molecular complexity index is 1000. The lowest BCUT2D eigenvalue weighted by Crippen LogP contribution is -2.47. The Kier molecular flexibility index (Phi) is 5.60. The highest BCUT2D eigenvalue weighted by Crippen LogP contribution is 2.30. The lowest BCUT2D eigenvalue weighted by atomic mass is 9.91. The molecule has 2 aromatic rings. The molecule has 0 saturated carbocycles. The van der Waals surface area contributed by atoms with Gasteiger partial charge in [0, 0.05) is 18.3 Å². The lowest BCUT2D eigenvalue weighted by molar-refractivity contribution is -0.136. The third kappa shape index (κ3) is 4.03. The number of hydrogen-bond acceptors (Lipinski definition) is 4. The van der Waals surface area contributed by atoms with E-state index in [4.69, 9.17) is 0 Å². The maximum absolute atomic E-state index is 13.1. The summed E-state index contributed by atoms with van der Waals surface area (Å²) in [5.41, 5.74) is 1.52. The summed E-state index contributed by atoms with van der Waals surface area (Å²) in [5.74, 6) is -1.19. The van der Waals surface area contributed by atoms with Gasteiger partial charge in [0.05, 0.1) is 0 Å². The second-order valence-electron chi connectivity index (χ2n) is 7.52. The van der Waals surface area contributed by atoms with Gasteiger partial charge in [-0.15, -0.1) is 0 Å². The molecule has 0 bridgehead atoms. The molecule has 1 saturated heterocycles. The van der Waals surface area contributed by atoms with Crippen molar-refractivity contribution in [3.05, 3.63) is 59.7 Å². The molecule has 2 atom stereocenters. The molecule has 156 valence electrons. The summed E-state index contributed by atoms with van der Waals surface area (Å²) in [7, 11) is 0. The molecule has 1 aliphatic rings. The first-order valence-electron chi connectivity index (χ1n) is 9.53. The predicted molar refractivity (Wildman–Crippen MR) is 113 cm³/mol. The molecule has 3 rings (SSSR count). The summed E-state index contributed by atoms with van der Waals surface area (Å²) >= 11 is 0. The molecule has 2 aromatic carbocycles. The largest absolute Gasteiger partial charge is 0.326 e. The van der Waals surface area contributed by atoms with Crippen LogP contribution in [0.5, 0.6) is 0 Å². The Morgan fingerprint density at radius 2 is 1.50 bits per heavy atom. The molecule has 1 aliphatic heterocycles. The molecule has 1 fully saturated rings. The predicted octanol–water partition coefficient (Wildman–Crippen LogP) is 2.75. The molecule has 8 heteroatoms. The number of carbonyl (C=O) groups is 4. The van der Waals surface area contributed by atoms with Gasteiger partial charge in [0.1, 0.15) is 11.6 Å². The SMILES string of the molecule is CC(=O)Nc1ccc(NC(=O)[C@@H](C)N2C(=O)N[C@](C)(c3ccc(C)cc3)C2=O)cc1. The fourth-order valence-electron chi connectivity index (χ4n) is 3.30. The standard InChI is InChI=1S/C22H24N4O4/c1-13-5-7-16(8-6-13)22(4)20(29)26(21(30)25-22)14(2)19(28)24-18-11-9-17(10-12-18)23-15(3)27/h5-12,14H,1-4H3,(H,23,27)(H,24,28)(H,25,30)/t14-,22-/m1/s1. The van der Waals surface area contributed by atoms with E-state index in [0.717, 1.165) is 10.5 Å². The van der Waals surface area contributed by atoms with Crippen LogP contribution in [0.15, 0.2) is 48.5 Å². The minimum Gasteiger partial charge on any atom is -0.326 e. The van der Waals surface area contributed by atoms with Gasteiger partial charge in [-0.25, -0.2) is 9.69 Å². The van der Waals surface area contributed by atoms with Gasteiger partial charge >= 0.3 is 6.03 Å². The highest BCUT2D eigenvalue weighted by molar-refractivity contribution is 6.11. The Hall–Kier alpha value is -3.68. The van der Waals surface area contributed by atoms with Gasteiger partial charge in [0.15, 0.2) is 0 Å². The van der Waals surface area contributed by atoms with E-state index in [2.05, 4.69) is 16.0 Å². The molecular weight excluding hydrogens is 384 g/mol. The van der Waals surface area contributed by atoms with Crippen molar-refractivity contribution in [2.75, 3.05) is 10.6 Å². The average Bonchev–Trinajstić information content (AvgIpc) is 2.92. The zero-order valence-corrected chi connectivity index (χ0v) is 17.3. The highest BCUT2D eigenvalue weighted by Gasteiger charge is 2.51. The summed E-state index contributed by atoms with van der Waals surface area (Å²) < 4.78 is 0. The third-order valence-corrected chi connectivity index (χ3v) is 5.09. The van der Waals surface area contributed by atoms with Crippen LogP contribution in [0.2, 0.25) is 0 Å². The molecule has 0 aromatic heterocycles. The second-order valence-corrected chi connectivity index (χ2v) is 7.52. The highest BCUT2D eigenvalue weighted by atomic mass is 16.2. The van der Waals surface area contributed by atoms with Crippen molar-refractivity contribution < 1.29 is 19.2 Å². The zero-order chi connectivity index (χ0) is 22.1. The third-order valence-electron chi connectivity index (χ3n) is 5.09. The Balaban J connectivity index is 1.74. The minimum absolute atomic E-state index is 0.199. The number of hydrogen-bond donors (Lipinski definition) is 3. The number of aryl methyl sites for hydroxylation is 1. The number of anilines is 2. The van der Waals surface area contributed by atoms with Crippen molar-refractivity contribution in [3.8, 4) is 0 Å². The number of amides is 5. The van der Waals surface area contributed by atoms with E-state index >= 15 is 0 Å². The van der Waals surface area contributed by atoms with Gasteiger partial charge in [-0.2, -0.15) is 0 Å². The van der Waals surface area contributed by atoms with Crippen molar-refractivity contribution in [3.63, 3.8) is 0 Å². The van der Waals surface area contributed by atoms with Crippen LogP contribution in [-0.2, 0) is 19.9 Å². The summed E-state index contributed by atoms with van der Waals surface area (Å²) in [6.45, 7) is 6.46.